The number of fused-ring (bicyclic) bond motifs is 1. The molecule has 0 saturated heterocycles. The lowest BCUT2D eigenvalue weighted by molar-refractivity contribution is -0.156. The van der Waals surface area contributed by atoms with Gasteiger partial charge in [0.2, 0.25) is 5.95 Å². The van der Waals surface area contributed by atoms with E-state index in [9.17, 15) is 9.90 Å². The SMILES string of the molecule is COC(=O)[C@H]1[C@H](c2ccccc2OC)n2ncnc2N[C@]1(C)O. The molecule has 1 aromatic heterocycles. The molecule has 0 bridgehead atoms. The summed E-state index contributed by atoms with van der Waals surface area (Å²) >= 11 is 0. The molecule has 1 aliphatic rings. The van der Waals surface area contributed by atoms with E-state index in [1.807, 2.05) is 18.2 Å². The van der Waals surface area contributed by atoms with E-state index in [0.29, 0.717) is 17.3 Å². The Bertz CT molecular complexity index is 728. The van der Waals surface area contributed by atoms with Gasteiger partial charge in [-0.3, -0.25) is 4.79 Å². The van der Waals surface area contributed by atoms with Crippen LogP contribution in [0.3, 0.4) is 0 Å². The van der Waals surface area contributed by atoms with Crippen LogP contribution in [0.4, 0.5) is 5.95 Å². The summed E-state index contributed by atoms with van der Waals surface area (Å²) in [5, 5.41) is 17.8. The van der Waals surface area contributed by atoms with Crippen molar-refractivity contribution in [1.29, 1.82) is 0 Å². The van der Waals surface area contributed by atoms with Gasteiger partial charge in [0.25, 0.3) is 0 Å². The topological polar surface area (TPSA) is 98.5 Å². The number of ether oxygens (including phenoxy) is 2. The normalized spacial score (nSPS) is 26.1. The smallest absolute Gasteiger partial charge is 0.316 e. The fourth-order valence-corrected chi connectivity index (χ4v) is 3.00. The van der Waals surface area contributed by atoms with Gasteiger partial charge in [-0.15, -0.1) is 0 Å². The number of aliphatic hydroxyl groups is 1. The quantitative estimate of drug-likeness (QED) is 0.808. The third-order valence-corrected chi connectivity index (χ3v) is 4.04. The highest BCUT2D eigenvalue weighted by atomic mass is 16.5. The second kappa shape index (κ2) is 5.54. The molecule has 0 radical (unpaired) electrons. The maximum absolute atomic E-state index is 12.4. The maximum atomic E-state index is 12.4. The van der Waals surface area contributed by atoms with Crippen LogP contribution in [0.2, 0.25) is 0 Å². The molecule has 2 N–H and O–H groups in total. The number of methoxy groups -OCH3 is 2. The summed E-state index contributed by atoms with van der Waals surface area (Å²) in [6.07, 6.45) is 1.36. The zero-order valence-electron chi connectivity index (χ0n) is 13.1. The number of para-hydroxylation sites is 1. The number of anilines is 1. The summed E-state index contributed by atoms with van der Waals surface area (Å²) in [6, 6.07) is 6.66. The van der Waals surface area contributed by atoms with Crippen molar-refractivity contribution >= 4 is 11.9 Å². The maximum Gasteiger partial charge on any atom is 0.316 e. The molecule has 3 rings (SSSR count). The zero-order chi connectivity index (χ0) is 16.6. The Morgan fingerprint density at radius 2 is 2.13 bits per heavy atom. The fourth-order valence-electron chi connectivity index (χ4n) is 3.00. The molecule has 2 heterocycles. The highest BCUT2D eigenvalue weighted by Gasteiger charge is 2.51. The summed E-state index contributed by atoms with van der Waals surface area (Å²) in [4.78, 5) is 16.5. The van der Waals surface area contributed by atoms with Crippen molar-refractivity contribution in [2.45, 2.75) is 18.7 Å². The molecule has 0 amide bonds. The molecule has 122 valence electrons. The number of hydrogen-bond acceptors (Lipinski definition) is 7. The van der Waals surface area contributed by atoms with Crippen molar-refractivity contribution in [3.8, 4) is 5.75 Å². The Hall–Kier alpha value is -2.61. The van der Waals surface area contributed by atoms with Crippen LogP contribution in [0.15, 0.2) is 30.6 Å². The second-order valence-corrected chi connectivity index (χ2v) is 5.49. The van der Waals surface area contributed by atoms with Crippen molar-refractivity contribution in [3.05, 3.63) is 36.2 Å². The lowest BCUT2D eigenvalue weighted by Gasteiger charge is -2.41. The Kier molecular flexibility index (Phi) is 3.69. The number of aromatic nitrogens is 3. The van der Waals surface area contributed by atoms with Gasteiger partial charge < -0.3 is 19.9 Å². The van der Waals surface area contributed by atoms with Crippen molar-refractivity contribution in [1.82, 2.24) is 14.8 Å². The third kappa shape index (κ3) is 2.40. The first-order valence-electron chi connectivity index (χ1n) is 7.10. The molecule has 0 spiro atoms. The van der Waals surface area contributed by atoms with Crippen molar-refractivity contribution in [2.75, 3.05) is 19.5 Å². The minimum atomic E-state index is -1.55. The Morgan fingerprint density at radius 1 is 1.39 bits per heavy atom. The van der Waals surface area contributed by atoms with E-state index in [2.05, 4.69) is 15.4 Å². The number of rotatable bonds is 3. The van der Waals surface area contributed by atoms with E-state index >= 15 is 0 Å². The van der Waals surface area contributed by atoms with Gasteiger partial charge in [0.1, 0.15) is 24.0 Å². The van der Waals surface area contributed by atoms with Crippen LogP contribution >= 0.6 is 0 Å². The van der Waals surface area contributed by atoms with E-state index < -0.39 is 23.7 Å². The largest absolute Gasteiger partial charge is 0.496 e. The molecular weight excluding hydrogens is 300 g/mol. The molecule has 0 saturated carbocycles. The summed E-state index contributed by atoms with van der Waals surface area (Å²) in [6.45, 7) is 1.51. The van der Waals surface area contributed by atoms with Gasteiger partial charge in [0.05, 0.1) is 14.2 Å². The highest BCUT2D eigenvalue weighted by Crippen LogP contribution is 2.43. The molecule has 1 aromatic carbocycles. The van der Waals surface area contributed by atoms with Crippen LogP contribution in [0.5, 0.6) is 5.75 Å². The van der Waals surface area contributed by atoms with Gasteiger partial charge >= 0.3 is 5.97 Å². The van der Waals surface area contributed by atoms with Gasteiger partial charge in [-0.25, -0.2) is 4.68 Å². The predicted octanol–water partition coefficient (Wildman–Crippen LogP) is 0.799. The summed E-state index contributed by atoms with van der Waals surface area (Å²) in [5.74, 6) is -0.533. The molecule has 8 nitrogen and oxygen atoms in total. The van der Waals surface area contributed by atoms with Gasteiger partial charge in [0, 0.05) is 5.56 Å². The number of carbonyl (C=O) groups excluding carboxylic acids is 1. The number of nitrogens with zero attached hydrogens (tertiary/aromatic N) is 3. The monoisotopic (exact) mass is 318 g/mol. The van der Waals surface area contributed by atoms with Crippen LogP contribution < -0.4 is 10.1 Å². The van der Waals surface area contributed by atoms with Crippen LogP contribution in [0, 0.1) is 5.92 Å². The van der Waals surface area contributed by atoms with Gasteiger partial charge in [-0.05, 0) is 13.0 Å². The third-order valence-electron chi connectivity index (χ3n) is 4.04. The molecular formula is C15H18N4O4. The average molecular weight is 318 g/mol. The molecule has 2 aromatic rings. The van der Waals surface area contributed by atoms with Crippen molar-refractivity contribution < 1.29 is 19.4 Å². The van der Waals surface area contributed by atoms with Crippen molar-refractivity contribution in [3.63, 3.8) is 0 Å². The average Bonchev–Trinajstić information content (AvgIpc) is 2.99. The predicted molar refractivity (Wildman–Crippen MR) is 80.9 cm³/mol. The first kappa shape index (κ1) is 15.3. The molecule has 3 atom stereocenters. The van der Waals surface area contributed by atoms with Crippen molar-refractivity contribution in [2.24, 2.45) is 5.92 Å². The van der Waals surface area contributed by atoms with Crippen LogP contribution in [-0.4, -0.2) is 45.8 Å². The summed E-state index contributed by atoms with van der Waals surface area (Å²) in [7, 11) is 2.84. The van der Waals surface area contributed by atoms with Gasteiger partial charge in [-0.2, -0.15) is 10.1 Å². The molecule has 8 heteroatoms. The number of nitrogens with one attached hydrogen (secondary N) is 1. The van der Waals surface area contributed by atoms with E-state index in [4.69, 9.17) is 9.47 Å². The number of carbonyl (C=O) groups is 1. The molecule has 1 aliphatic heterocycles. The molecule has 0 unspecified atom stereocenters. The zero-order valence-corrected chi connectivity index (χ0v) is 13.1. The summed E-state index contributed by atoms with van der Waals surface area (Å²) < 4.78 is 11.9. The van der Waals surface area contributed by atoms with E-state index in [0.717, 1.165) is 0 Å². The van der Waals surface area contributed by atoms with Crippen LogP contribution in [-0.2, 0) is 9.53 Å². The Balaban J connectivity index is 2.22. The molecule has 0 fully saturated rings. The minimum Gasteiger partial charge on any atom is -0.496 e. The van der Waals surface area contributed by atoms with Crippen LogP contribution in [0.1, 0.15) is 18.5 Å². The fraction of sp³-hybridized carbons (Fsp3) is 0.400. The van der Waals surface area contributed by atoms with Gasteiger partial charge in [-0.1, -0.05) is 18.2 Å². The first-order valence-corrected chi connectivity index (χ1v) is 7.10. The standard InChI is InChI=1S/C15H18N4O4/c1-15(21)11(13(20)23-3)12(19-14(18-15)16-8-17-19)9-6-4-5-7-10(9)22-2/h4-8,11-12,21H,1-3H3,(H,16,17,18)/t11-,12+,15-/m1/s1. The highest BCUT2D eigenvalue weighted by molar-refractivity contribution is 5.76. The Morgan fingerprint density at radius 3 is 2.83 bits per heavy atom. The first-order chi connectivity index (χ1) is 11.0. The second-order valence-electron chi connectivity index (χ2n) is 5.49. The van der Waals surface area contributed by atoms with E-state index in [1.54, 1.807) is 17.9 Å². The van der Waals surface area contributed by atoms with Crippen LogP contribution in [0.25, 0.3) is 0 Å². The minimum absolute atomic E-state index is 0.367. The van der Waals surface area contributed by atoms with E-state index in [-0.39, 0.29) is 0 Å². The van der Waals surface area contributed by atoms with Gasteiger partial charge in [0.15, 0.2) is 5.72 Å². The number of hydrogen-bond donors (Lipinski definition) is 2. The number of benzene rings is 1. The molecule has 23 heavy (non-hydrogen) atoms. The van der Waals surface area contributed by atoms with E-state index in [1.165, 1.54) is 20.4 Å². The lowest BCUT2D eigenvalue weighted by atomic mass is 9.83. The molecule has 0 aliphatic carbocycles. The Labute approximate surface area is 133 Å². The number of esters is 1. The summed E-state index contributed by atoms with van der Waals surface area (Å²) in [5.41, 5.74) is -0.847. The lowest BCUT2D eigenvalue weighted by Crippen LogP contribution is -2.55.